The second-order valence-corrected chi connectivity index (χ2v) is 7.12. The van der Waals surface area contributed by atoms with Crippen LogP contribution in [0.25, 0.3) is 0 Å². The molecule has 20 heavy (non-hydrogen) atoms. The van der Waals surface area contributed by atoms with Gasteiger partial charge in [0.05, 0.1) is 0 Å². The molecule has 4 rings (SSSR count). The number of hydrogen-bond donors (Lipinski definition) is 1. The van der Waals surface area contributed by atoms with E-state index in [1.54, 1.807) is 0 Å². The Morgan fingerprint density at radius 3 is 2.65 bits per heavy atom. The van der Waals surface area contributed by atoms with E-state index in [-0.39, 0.29) is 0 Å². The molecule has 1 aromatic heterocycles. The summed E-state index contributed by atoms with van der Waals surface area (Å²) in [5.41, 5.74) is 0. The molecule has 0 amide bonds. The summed E-state index contributed by atoms with van der Waals surface area (Å²) in [5.74, 6) is 2.03. The van der Waals surface area contributed by atoms with E-state index in [1.165, 1.54) is 57.8 Å². The minimum Gasteiger partial charge on any atom is -0.338 e. The number of fused-ring (bicyclic) bond motifs is 1. The second kappa shape index (κ2) is 5.17. The summed E-state index contributed by atoms with van der Waals surface area (Å²) >= 11 is 5.52. The van der Waals surface area contributed by atoms with Gasteiger partial charge in [-0.15, -0.1) is 5.10 Å². The highest BCUT2D eigenvalue weighted by molar-refractivity contribution is 7.71. The maximum atomic E-state index is 5.52. The van der Waals surface area contributed by atoms with Crippen molar-refractivity contribution in [2.75, 3.05) is 11.4 Å². The zero-order chi connectivity index (χ0) is 13.5. The Hall–Kier alpha value is -0.840. The van der Waals surface area contributed by atoms with Gasteiger partial charge < -0.3 is 4.90 Å². The second-order valence-electron chi connectivity index (χ2n) is 6.73. The van der Waals surface area contributed by atoms with Crippen molar-refractivity contribution in [2.24, 2.45) is 5.92 Å². The highest BCUT2D eigenvalue weighted by Crippen LogP contribution is 2.40. The molecule has 1 saturated heterocycles. The summed E-state index contributed by atoms with van der Waals surface area (Å²) in [4.78, 5) is 2.58. The number of nitrogens with zero attached hydrogens (tertiary/aromatic N) is 3. The van der Waals surface area contributed by atoms with E-state index in [2.05, 4.69) is 19.7 Å². The maximum Gasteiger partial charge on any atom is 0.226 e. The molecule has 110 valence electrons. The number of nitrogens with one attached hydrogen (secondary N) is 1. The Kier molecular flexibility index (Phi) is 3.33. The molecule has 4 nitrogen and oxygen atoms in total. The fourth-order valence-electron chi connectivity index (χ4n) is 4.69. The Balaban J connectivity index is 1.69. The standard InChI is InChI=1S/C15H24N4S/c20-15-17-16-14(19(15)12-7-1-2-8-12)18-10-4-6-11-5-3-9-13(11)18/h11-13H,1-10H2,(H,17,20). The van der Waals surface area contributed by atoms with Crippen LogP contribution in [0.1, 0.15) is 63.8 Å². The monoisotopic (exact) mass is 292 g/mol. The molecule has 2 atom stereocenters. The van der Waals surface area contributed by atoms with Gasteiger partial charge in [0.15, 0.2) is 4.77 Å². The molecule has 0 spiro atoms. The Labute approximate surface area is 125 Å². The molecule has 0 bridgehead atoms. The third-order valence-electron chi connectivity index (χ3n) is 5.63. The van der Waals surface area contributed by atoms with Gasteiger partial charge in [-0.05, 0) is 56.7 Å². The van der Waals surface area contributed by atoms with Gasteiger partial charge in [-0.1, -0.05) is 19.3 Å². The maximum absolute atomic E-state index is 5.52. The molecule has 3 fully saturated rings. The number of anilines is 1. The normalized spacial score (nSPS) is 30.9. The largest absolute Gasteiger partial charge is 0.338 e. The number of H-pyrrole nitrogens is 1. The van der Waals surface area contributed by atoms with Gasteiger partial charge in [0.25, 0.3) is 0 Å². The number of hydrogen-bond acceptors (Lipinski definition) is 3. The van der Waals surface area contributed by atoms with Crippen LogP contribution in [0.15, 0.2) is 0 Å². The number of aromatic amines is 1. The molecule has 2 heterocycles. The first-order chi connectivity index (χ1) is 9.84. The Morgan fingerprint density at radius 2 is 1.80 bits per heavy atom. The average Bonchev–Trinajstić information content (AvgIpc) is 3.17. The first kappa shape index (κ1) is 12.9. The molecule has 0 radical (unpaired) electrons. The highest BCUT2D eigenvalue weighted by Gasteiger charge is 2.37. The lowest BCUT2D eigenvalue weighted by Gasteiger charge is -2.38. The van der Waals surface area contributed by atoms with Crippen LogP contribution in [0.2, 0.25) is 0 Å². The van der Waals surface area contributed by atoms with E-state index in [9.17, 15) is 0 Å². The summed E-state index contributed by atoms with van der Waals surface area (Å²) in [5, 5.41) is 7.68. The van der Waals surface area contributed by atoms with Crippen LogP contribution in [-0.2, 0) is 0 Å². The SMILES string of the molecule is S=c1[nH]nc(N2CCCC3CCCC32)n1C1CCCC1. The van der Waals surface area contributed by atoms with Gasteiger partial charge in [0.1, 0.15) is 0 Å². The van der Waals surface area contributed by atoms with Gasteiger partial charge >= 0.3 is 0 Å². The van der Waals surface area contributed by atoms with E-state index >= 15 is 0 Å². The number of piperidine rings is 1. The lowest BCUT2D eigenvalue weighted by Crippen LogP contribution is -2.44. The van der Waals surface area contributed by atoms with Crippen LogP contribution in [0.3, 0.4) is 0 Å². The van der Waals surface area contributed by atoms with Crippen LogP contribution >= 0.6 is 12.2 Å². The summed E-state index contributed by atoms with van der Waals surface area (Å²) in [6.07, 6.45) is 12.1. The van der Waals surface area contributed by atoms with Crippen LogP contribution < -0.4 is 4.90 Å². The van der Waals surface area contributed by atoms with Crippen LogP contribution in [0.4, 0.5) is 5.95 Å². The average molecular weight is 292 g/mol. The molecule has 2 aliphatic carbocycles. The third kappa shape index (κ3) is 2.01. The molecule has 2 saturated carbocycles. The van der Waals surface area contributed by atoms with E-state index in [0.29, 0.717) is 12.1 Å². The quantitative estimate of drug-likeness (QED) is 0.842. The van der Waals surface area contributed by atoms with Crippen molar-refractivity contribution in [3.8, 4) is 0 Å². The molecule has 1 aromatic rings. The van der Waals surface area contributed by atoms with Crippen molar-refractivity contribution in [1.29, 1.82) is 0 Å². The molecule has 5 heteroatoms. The van der Waals surface area contributed by atoms with E-state index in [4.69, 9.17) is 12.2 Å². The van der Waals surface area contributed by atoms with Gasteiger partial charge in [-0.2, -0.15) is 0 Å². The topological polar surface area (TPSA) is 36.9 Å². The van der Waals surface area contributed by atoms with Gasteiger partial charge in [0, 0.05) is 18.6 Å². The minimum absolute atomic E-state index is 0.582. The summed E-state index contributed by atoms with van der Waals surface area (Å²) < 4.78 is 3.16. The zero-order valence-corrected chi connectivity index (χ0v) is 12.9. The van der Waals surface area contributed by atoms with Crippen molar-refractivity contribution in [1.82, 2.24) is 14.8 Å². The Bertz CT molecular complexity index is 528. The molecule has 0 aromatic carbocycles. The predicted octanol–water partition coefficient (Wildman–Crippen LogP) is 3.82. The molecule has 1 N–H and O–H groups in total. The molecule has 1 aliphatic heterocycles. The van der Waals surface area contributed by atoms with Crippen LogP contribution in [0.5, 0.6) is 0 Å². The number of rotatable bonds is 2. The summed E-state index contributed by atoms with van der Waals surface area (Å²) in [6.45, 7) is 1.16. The van der Waals surface area contributed by atoms with Gasteiger partial charge in [-0.25, -0.2) is 5.10 Å². The first-order valence-corrected chi connectivity index (χ1v) is 8.69. The lowest BCUT2D eigenvalue weighted by atomic mass is 9.92. The van der Waals surface area contributed by atoms with E-state index in [0.717, 1.165) is 23.2 Å². The smallest absolute Gasteiger partial charge is 0.226 e. The zero-order valence-electron chi connectivity index (χ0n) is 12.1. The molecule has 3 aliphatic rings. The number of aromatic nitrogens is 3. The van der Waals surface area contributed by atoms with Crippen LogP contribution in [0, 0.1) is 10.7 Å². The predicted molar refractivity (Wildman–Crippen MR) is 82.6 cm³/mol. The minimum atomic E-state index is 0.582. The van der Waals surface area contributed by atoms with Crippen molar-refractivity contribution >= 4 is 18.2 Å². The third-order valence-corrected chi connectivity index (χ3v) is 5.91. The van der Waals surface area contributed by atoms with E-state index < -0.39 is 0 Å². The lowest BCUT2D eigenvalue weighted by molar-refractivity contribution is 0.351. The van der Waals surface area contributed by atoms with E-state index in [1.807, 2.05) is 0 Å². The highest BCUT2D eigenvalue weighted by atomic mass is 32.1. The van der Waals surface area contributed by atoms with Crippen LogP contribution in [-0.4, -0.2) is 27.4 Å². The summed E-state index contributed by atoms with van der Waals surface area (Å²) in [6, 6.07) is 1.30. The van der Waals surface area contributed by atoms with Crippen molar-refractivity contribution in [3.63, 3.8) is 0 Å². The molecular weight excluding hydrogens is 268 g/mol. The fourth-order valence-corrected chi connectivity index (χ4v) is 4.97. The fraction of sp³-hybridized carbons (Fsp3) is 0.867. The Morgan fingerprint density at radius 1 is 1.00 bits per heavy atom. The molecular formula is C15H24N4S. The van der Waals surface area contributed by atoms with Crippen molar-refractivity contribution < 1.29 is 0 Å². The first-order valence-electron chi connectivity index (χ1n) is 8.28. The van der Waals surface area contributed by atoms with Gasteiger partial charge in [-0.3, -0.25) is 4.57 Å². The van der Waals surface area contributed by atoms with Gasteiger partial charge in [0.2, 0.25) is 5.95 Å². The molecule has 2 unspecified atom stereocenters. The summed E-state index contributed by atoms with van der Waals surface area (Å²) in [7, 11) is 0. The van der Waals surface area contributed by atoms with Crippen molar-refractivity contribution in [3.05, 3.63) is 4.77 Å². The van der Waals surface area contributed by atoms with Crippen molar-refractivity contribution in [2.45, 2.75) is 69.9 Å².